The monoisotopic (exact) mass is 276 g/mol. The number of anilines is 1. The highest BCUT2D eigenvalue weighted by Crippen LogP contribution is 2.33. The van der Waals surface area contributed by atoms with Gasteiger partial charge >= 0.3 is 0 Å². The van der Waals surface area contributed by atoms with Crippen LogP contribution in [-0.2, 0) is 11.2 Å². The largest absolute Gasteiger partial charge is 0.548 e. The Morgan fingerprint density at radius 1 is 1.58 bits per heavy atom. The van der Waals surface area contributed by atoms with Crippen LogP contribution >= 0.6 is 11.3 Å². The first kappa shape index (κ1) is 12.3. The second-order valence-electron chi connectivity index (χ2n) is 4.65. The van der Waals surface area contributed by atoms with Crippen LogP contribution in [0.5, 0.6) is 0 Å². The molecule has 0 amide bonds. The molecule has 0 unspecified atom stereocenters. The molecule has 1 saturated heterocycles. The van der Waals surface area contributed by atoms with E-state index in [-0.39, 0.29) is 0 Å². The van der Waals surface area contributed by atoms with Crippen molar-refractivity contribution in [1.29, 1.82) is 0 Å². The van der Waals surface area contributed by atoms with Gasteiger partial charge in [0.15, 0.2) is 0 Å². The number of carbonyl (C=O) groups excluding carboxylic acids is 1. The lowest BCUT2D eigenvalue weighted by Crippen LogP contribution is -2.44. The summed E-state index contributed by atoms with van der Waals surface area (Å²) in [5.41, 5.74) is 0. The smallest absolute Gasteiger partial charge is 0.141 e. The molecule has 1 atom stereocenters. The van der Waals surface area contributed by atoms with Gasteiger partial charge in [0, 0.05) is 11.4 Å². The lowest BCUT2D eigenvalue weighted by molar-refractivity contribution is -0.307. The fraction of sp³-hybridized carbons (Fsp3) is 0.462. The third kappa shape index (κ3) is 2.06. The number of rotatable bonds is 3. The summed E-state index contributed by atoms with van der Waals surface area (Å²) in [6, 6.07) is 1.50. The molecule has 6 heteroatoms. The van der Waals surface area contributed by atoms with E-state index in [1.807, 2.05) is 4.90 Å². The van der Waals surface area contributed by atoms with Gasteiger partial charge < -0.3 is 14.8 Å². The zero-order chi connectivity index (χ0) is 13.4. The van der Waals surface area contributed by atoms with Gasteiger partial charge in [-0.3, -0.25) is 0 Å². The topological polar surface area (TPSA) is 69.2 Å². The van der Waals surface area contributed by atoms with Gasteiger partial charge in [-0.15, -0.1) is 11.3 Å². The van der Waals surface area contributed by atoms with Crippen LogP contribution in [0.1, 0.15) is 24.6 Å². The average molecular weight is 276 g/mol. The highest BCUT2D eigenvalue weighted by Gasteiger charge is 2.28. The lowest BCUT2D eigenvalue weighted by atomic mass is 10.2. The first-order valence-electron chi connectivity index (χ1n) is 6.41. The Hall–Kier alpha value is -1.69. The number of hydrogen-bond acceptors (Lipinski definition) is 6. The van der Waals surface area contributed by atoms with E-state index in [9.17, 15) is 9.90 Å². The summed E-state index contributed by atoms with van der Waals surface area (Å²) in [6.07, 6.45) is 3.94. The summed E-state index contributed by atoms with van der Waals surface area (Å²) in [5.74, 6) is -0.289. The van der Waals surface area contributed by atoms with Gasteiger partial charge in [-0.1, -0.05) is 6.92 Å². The Labute approximate surface area is 114 Å². The van der Waals surface area contributed by atoms with Crippen molar-refractivity contribution in [2.45, 2.75) is 32.2 Å². The number of fused-ring (bicyclic) bond motifs is 1. The summed E-state index contributed by atoms with van der Waals surface area (Å²) in [7, 11) is 0. The normalized spacial score (nSPS) is 19.2. The molecule has 2 aromatic rings. The predicted octanol–water partition coefficient (Wildman–Crippen LogP) is 0.972. The van der Waals surface area contributed by atoms with E-state index in [2.05, 4.69) is 23.0 Å². The Morgan fingerprint density at radius 2 is 2.42 bits per heavy atom. The standard InChI is InChI=1S/C13H15N3O2S/c1-2-8-6-9-11(14-7-15-12(9)19-8)16-5-3-4-10(16)13(17)18/h6-7,10H,2-5H2,1H3,(H,17,18)/p-1/t10-/m0/s1. The van der Waals surface area contributed by atoms with Crippen LogP contribution < -0.4 is 10.0 Å². The molecule has 0 radical (unpaired) electrons. The summed E-state index contributed by atoms with van der Waals surface area (Å²) in [4.78, 5) is 23.8. The molecule has 0 saturated carbocycles. The van der Waals surface area contributed by atoms with E-state index in [1.54, 1.807) is 11.3 Å². The molecule has 0 aromatic carbocycles. The van der Waals surface area contributed by atoms with Crippen molar-refractivity contribution in [3.63, 3.8) is 0 Å². The van der Waals surface area contributed by atoms with Crippen LogP contribution in [0.25, 0.3) is 10.2 Å². The van der Waals surface area contributed by atoms with Crippen LogP contribution in [0.2, 0.25) is 0 Å². The maximum atomic E-state index is 11.2. The molecule has 3 heterocycles. The Balaban J connectivity index is 2.09. The Bertz CT molecular complexity index is 625. The molecule has 1 aliphatic rings. The number of aromatic nitrogens is 2. The zero-order valence-corrected chi connectivity index (χ0v) is 11.4. The molecule has 3 rings (SSSR count). The van der Waals surface area contributed by atoms with Crippen molar-refractivity contribution in [2.24, 2.45) is 0 Å². The van der Waals surface area contributed by atoms with Crippen molar-refractivity contribution in [2.75, 3.05) is 11.4 Å². The van der Waals surface area contributed by atoms with Gasteiger partial charge in [0.05, 0.1) is 17.4 Å². The number of aryl methyl sites for hydroxylation is 1. The minimum Gasteiger partial charge on any atom is -0.548 e. The number of carboxylic acid groups (broad SMARTS) is 1. The first-order valence-corrected chi connectivity index (χ1v) is 7.23. The summed E-state index contributed by atoms with van der Waals surface area (Å²) in [5, 5.41) is 12.1. The lowest BCUT2D eigenvalue weighted by Gasteiger charge is -2.26. The summed E-state index contributed by atoms with van der Waals surface area (Å²) < 4.78 is 0. The van der Waals surface area contributed by atoms with E-state index in [0.717, 1.165) is 28.9 Å². The number of nitrogens with zero attached hydrogens (tertiary/aromatic N) is 3. The fourth-order valence-electron chi connectivity index (χ4n) is 2.56. The molecule has 5 nitrogen and oxygen atoms in total. The van der Waals surface area contributed by atoms with E-state index in [0.29, 0.717) is 13.0 Å². The third-order valence-electron chi connectivity index (χ3n) is 3.50. The number of carboxylic acids is 1. The van der Waals surface area contributed by atoms with Crippen LogP contribution in [-0.4, -0.2) is 28.5 Å². The number of carbonyl (C=O) groups is 1. The van der Waals surface area contributed by atoms with Gasteiger partial charge in [-0.05, 0) is 25.3 Å². The summed E-state index contributed by atoms with van der Waals surface area (Å²) in [6.45, 7) is 2.81. The van der Waals surface area contributed by atoms with Gasteiger partial charge in [-0.2, -0.15) is 0 Å². The van der Waals surface area contributed by atoms with Gasteiger partial charge in [0.1, 0.15) is 17.0 Å². The second kappa shape index (κ2) is 4.77. The minimum absolute atomic E-state index is 0.567. The molecule has 19 heavy (non-hydrogen) atoms. The highest BCUT2D eigenvalue weighted by atomic mass is 32.1. The van der Waals surface area contributed by atoms with E-state index >= 15 is 0 Å². The number of aliphatic carboxylic acids is 1. The van der Waals surface area contributed by atoms with Crippen LogP contribution in [0, 0.1) is 0 Å². The maximum absolute atomic E-state index is 11.2. The van der Waals surface area contributed by atoms with Crippen molar-refractivity contribution < 1.29 is 9.90 Å². The maximum Gasteiger partial charge on any atom is 0.141 e. The van der Waals surface area contributed by atoms with Gasteiger partial charge in [0.2, 0.25) is 0 Å². The minimum atomic E-state index is -1.02. The van der Waals surface area contributed by atoms with Crippen molar-refractivity contribution in [3.05, 3.63) is 17.3 Å². The second-order valence-corrected chi connectivity index (χ2v) is 5.77. The predicted molar refractivity (Wildman–Crippen MR) is 72.2 cm³/mol. The Morgan fingerprint density at radius 3 is 3.16 bits per heavy atom. The SMILES string of the molecule is CCc1cc2c(N3CCC[C@H]3C(=O)[O-])ncnc2s1. The highest BCUT2D eigenvalue weighted by molar-refractivity contribution is 7.18. The van der Waals surface area contributed by atoms with Gasteiger partial charge in [-0.25, -0.2) is 9.97 Å². The van der Waals surface area contributed by atoms with Crippen LogP contribution in [0.3, 0.4) is 0 Å². The van der Waals surface area contributed by atoms with Crippen molar-refractivity contribution >= 4 is 33.3 Å². The van der Waals surface area contributed by atoms with Crippen LogP contribution in [0.15, 0.2) is 12.4 Å². The average Bonchev–Trinajstić information content (AvgIpc) is 3.04. The number of thiophene rings is 1. The first-order chi connectivity index (χ1) is 9.20. The van der Waals surface area contributed by atoms with Gasteiger partial charge in [0.25, 0.3) is 0 Å². The van der Waals surface area contributed by atoms with Crippen molar-refractivity contribution in [1.82, 2.24) is 9.97 Å². The van der Waals surface area contributed by atoms with E-state index in [1.165, 1.54) is 11.2 Å². The molecule has 0 bridgehead atoms. The fourth-order valence-corrected chi connectivity index (χ4v) is 3.49. The third-order valence-corrected chi connectivity index (χ3v) is 4.69. The molecular weight excluding hydrogens is 262 g/mol. The zero-order valence-electron chi connectivity index (χ0n) is 10.6. The molecule has 100 valence electrons. The van der Waals surface area contributed by atoms with E-state index in [4.69, 9.17) is 0 Å². The molecular formula is C13H14N3O2S-. The van der Waals surface area contributed by atoms with E-state index < -0.39 is 12.0 Å². The van der Waals surface area contributed by atoms with Crippen LogP contribution in [0.4, 0.5) is 5.82 Å². The molecule has 0 spiro atoms. The molecule has 1 fully saturated rings. The quantitative estimate of drug-likeness (QED) is 0.835. The molecule has 1 aliphatic heterocycles. The number of hydrogen-bond donors (Lipinski definition) is 0. The molecule has 2 aromatic heterocycles. The Kier molecular flexibility index (Phi) is 3.10. The molecule has 0 N–H and O–H groups in total. The molecule has 0 aliphatic carbocycles. The van der Waals surface area contributed by atoms with Crippen molar-refractivity contribution in [3.8, 4) is 0 Å². The summed E-state index contributed by atoms with van der Waals surface area (Å²) >= 11 is 1.64.